The number of nitrogens with zero attached hydrogens (tertiary/aromatic N) is 1. The van der Waals surface area contributed by atoms with E-state index in [1.165, 1.54) is 14.2 Å². The minimum Gasteiger partial charge on any atom is -0.494 e. The second-order valence-corrected chi connectivity index (χ2v) is 6.03. The molecule has 2 N–H and O–H groups in total. The summed E-state index contributed by atoms with van der Waals surface area (Å²) in [5, 5.41) is 5.64. The average Bonchev–Trinajstić information content (AvgIpc) is 2.67. The Bertz CT molecular complexity index is 868. The normalized spacial score (nSPS) is 15.5. The Kier molecular flexibility index (Phi) is 5.56. The SMILES string of the molecule is COCC(=O)Nc1cc2c(cc1OC)NC(=O)C[C@@H]2c1cccnc1OC. The molecule has 1 aliphatic rings. The number of methoxy groups -OCH3 is 3. The van der Waals surface area contributed by atoms with E-state index in [4.69, 9.17) is 14.2 Å². The first-order valence-electron chi connectivity index (χ1n) is 8.36. The molecule has 0 radical (unpaired) electrons. The molecule has 0 bridgehead atoms. The monoisotopic (exact) mass is 371 g/mol. The van der Waals surface area contributed by atoms with Gasteiger partial charge in [-0.05, 0) is 17.7 Å². The number of benzene rings is 1. The third kappa shape index (κ3) is 3.85. The van der Waals surface area contributed by atoms with Crippen molar-refractivity contribution >= 4 is 23.2 Å². The maximum atomic E-state index is 12.3. The van der Waals surface area contributed by atoms with Gasteiger partial charge in [-0.15, -0.1) is 0 Å². The number of hydrogen-bond donors (Lipinski definition) is 2. The summed E-state index contributed by atoms with van der Waals surface area (Å²) in [6.45, 7) is -0.0726. The zero-order valence-corrected chi connectivity index (χ0v) is 15.4. The van der Waals surface area contributed by atoms with Crippen LogP contribution in [-0.2, 0) is 14.3 Å². The van der Waals surface area contributed by atoms with E-state index in [1.54, 1.807) is 31.5 Å². The topological polar surface area (TPSA) is 98.8 Å². The maximum absolute atomic E-state index is 12.3. The van der Waals surface area contributed by atoms with Gasteiger partial charge < -0.3 is 24.8 Å². The first-order chi connectivity index (χ1) is 13.1. The van der Waals surface area contributed by atoms with E-state index in [-0.39, 0.29) is 30.8 Å². The van der Waals surface area contributed by atoms with E-state index < -0.39 is 0 Å². The molecule has 27 heavy (non-hydrogen) atoms. The van der Waals surface area contributed by atoms with Crippen molar-refractivity contribution < 1.29 is 23.8 Å². The predicted octanol–water partition coefficient (Wildman–Crippen LogP) is 2.16. The predicted molar refractivity (Wildman–Crippen MR) is 99.4 cm³/mol. The zero-order chi connectivity index (χ0) is 19.4. The van der Waals surface area contributed by atoms with Gasteiger partial charge >= 0.3 is 0 Å². The van der Waals surface area contributed by atoms with E-state index in [9.17, 15) is 9.59 Å². The summed E-state index contributed by atoms with van der Waals surface area (Å²) in [7, 11) is 4.49. The van der Waals surface area contributed by atoms with Crippen molar-refractivity contribution in [2.45, 2.75) is 12.3 Å². The van der Waals surface area contributed by atoms with Crippen molar-refractivity contribution in [2.75, 3.05) is 38.6 Å². The Morgan fingerprint density at radius 3 is 2.78 bits per heavy atom. The first-order valence-corrected chi connectivity index (χ1v) is 8.36. The van der Waals surface area contributed by atoms with Crippen LogP contribution in [-0.4, -0.2) is 44.7 Å². The third-order valence-electron chi connectivity index (χ3n) is 4.33. The molecular weight excluding hydrogens is 350 g/mol. The standard InChI is InChI=1S/C19H21N3O5/c1-25-10-18(24)22-15-7-13-12(11-5-4-6-20-19(11)27-3)8-17(23)21-14(13)9-16(15)26-2/h4-7,9,12H,8,10H2,1-3H3,(H,21,23)(H,22,24)/t12-/m1/s1. The summed E-state index contributed by atoms with van der Waals surface area (Å²) >= 11 is 0. The van der Waals surface area contributed by atoms with Crippen LogP contribution in [0.1, 0.15) is 23.5 Å². The lowest BCUT2D eigenvalue weighted by molar-refractivity contribution is -0.119. The average molecular weight is 371 g/mol. The molecular formula is C19H21N3O5. The van der Waals surface area contributed by atoms with Gasteiger partial charge in [-0.1, -0.05) is 6.07 Å². The molecule has 1 aromatic heterocycles. The molecule has 0 spiro atoms. The van der Waals surface area contributed by atoms with Gasteiger partial charge in [0, 0.05) is 43.0 Å². The van der Waals surface area contributed by atoms with Gasteiger partial charge in [-0.2, -0.15) is 0 Å². The summed E-state index contributed by atoms with van der Waals surface area (Å²) in [4.78, 5) is 28.5. The fraction of sp³-hybridized carbons (Fsp3) is 0.316. The minimum absolute atomic E-state index is 0.0726. The molecule has 8 nitrogen and oxygen atoms in total. The number of aromatic nitrogens is 1. The van der Waals surface area contributed by atoms with Crippen molar-refractivity contribution in [3.8, 4) is 11.6 Å². The van der Waals surface area contributed by atoms with Crippen LogP contribution in [0.25, 0.3) is 0 Å². The molecule has 142 valence electrons. The highest BCUT2D eigenvalue weighted by Crippen LogP contribution is 2.43. The fourth-order valence-electron chi connectivity index (χ4n) is 3.19. The number of rotatable bonds is 6. The number of carbonyl (C=O) groups is 2. The summed E-state index contributed by atoms with van der Waals surface area (Å²) < 4.78 is 15.6. The van der Waals surface area contributed by atoms with Crippen LogP contribution in [0.15, 0.2) is 30.5 Å². The third-order valence-corrected chi connectivity index (χ3v) is 4.33. The lowest BCUT2D eigenvalue weighted by Gasteiger charge is -2.28. The molecule has 2 aromatic rings. The van der Waals surface area contributed by atoms with Crippen molar-refractivity contribution in [1.82, 2.24) is 4.98 Å². The van der Waals surface area contributed by atoms with Gasteiger partial charge in [0.1, 0.15) is 12.4 Å². The molecule has 1 aromatic carbocycles. The zero-order valence-electron chi connectivity index (χ0n) is 15.4. The molecule has 0 aliphatic carbocycles. The maximum Gasteiger partial charge on any atom is 0.250 e. The summed E-state index contributed by atoms with van der Waals surface area (Å²) in [6.07, 6.45) is 1.88. The van der Waals surface area contributed by atoms with Crippen LogP contribution in [0.3, 0.4) is 0 Å². The molecule has 0 saturated heterocycles. The summed E-state index contributed by atoms with van der Waals surface area (Å²) in [5.41, 5.74) is 2.77. The number of anilines is 2. The van der Waals surface area contributed by atoms with Crippen molar-refractivity contribution in [2.24, 2.45) is 0 Å². The number of nitrogens with one attached hydrogen (secondary N) is 2. The van der Waals surface area contributed by atoms with Gasteiger partial charge in [0.05, 0.1) is 19.9 Å². The van der Waals surface area contributed by atoms with Crippen LogP contribution in [0.2, 0.25) is 0 Å². The van der Waals surface area contributed by atoms with E-state index in [2.05, 4.69) is 15.6 Å². The van der Waals surface area contributed by atoms with E-state index >= 15 is 0 Å². The number of amides is 2. The summed E-state index contributed by atoms with van der Waals surface area (Å²) in [6, 6.07) is 7.18. The number of pyridine rings is 1. The van der Waals surface area contributed by atoms with Crippen molar-refractivity contribution in [3.63, 3.8) is 0 Å². The van der Waals surface area contributed by atoms with Gasteiger partial charge in [0.2, 0.25) is 17.7 Å². The minimum atomic E-state index is -0.300. The van der Waals surface area contributed by atoms with E-state index in [0.29, 0.717) is 23.0 Å². The molecule has 0 saturated carbocycles. The van der Waals surface area contributed by atoms with E-state index in [1.807, 2.05) is 6.07 Å². The fourth-order valence-corrected chi connectivity index (χ4v) is 3.19. The highest BCUT2D eigenvalue weighted by molar-refractivity contribution is 5.98. The molecule has 0 unspecified atom stereocenters. The smallest absolute Gasteiger partial charge is 0.250 e. The first kappa shape index (κ1) is 18.7. The Balaban J connectivity index is 2.09. The molecule has 1 aliphatic heterocycles. The molecule has 3 rings (SSSR count). The van der Waals surface area contributed by atoms with Crippen LogP contribution < -0.4 is 20.1 Å². The van der Waals surface area contributed by atoms with Crippen LogP contribution in [0.5, 0.6) is 11.6 Å². The Morgan fingerprint density at radius 2 is 2.07 bits per heavy atom. The van der Waals surface area contributed by atoms with Gasteiger partial charge in [-0.3, -0.25) is 9.59 Å². The number of carbonyl (C=O) groups excluding carboxylic acids is 2. The molecule has 2 heterocycles. The van der Waals surface area contributed by atoms with Crippen molar-refractivity contribution in [1.29, 1.82) is 0 Å². The van der Waals surface area contributed by atoms with Gasteiger partial charge in [-0.25, -0.2) is 4.98 Å². The van der Waals surface area contributed by atoms with Gasteiger partial charge in [0.15, 0.2) is 0 Å². The Hall–Kier alpha value is -3.13. The second kappa shape index (κ2) is 8.05. The Morgan fingerprint density at radius 1 is 1.26 bits per heavy atom. The summed E-state index contributed by atoms with van der Waals surface area (Å²) in [5.74, 6) is 0.227. The second-order valence-electron chi connectivity index (χ2n) is 6.03. The number of fused-ring (bicyclic) bond motifs is 1. The molecule has 0 fully saturated rings. The molecule has 8 heteroatoms. The number of ether oxygens (including phenoxy) is 3. The van der Waals surface area contributed by atoms with Crippen LogP contribution >= 0.6 is 0 Å². The number of hydrogen-bond acceptors (Lipinski definition) is 6. The van der Waals surface area contributed by atoms with E-state index in [0.717, 1.165) is 11.1 Å². The highest BCUT2D eigenvalue weighted by atomic mass is 16.5. The lowest BCUT2D eigenvalue weighted by atomic mass is 9.84. The lowest BCUT2D eigenvalue weighted by Crippen LogP contribution is -2.25. The van der Waals surface area contributed by atoms with Crippen molar-refractivity contribution in [3.05, 3.63) is 41.6 Å². The largest absolute Gasteiger partial charge is 0.494 e. The highest BCUT2D eigenvalue weighted by Gasteiger charge is 2.30. The van der Waals surface area contributed by atoms with Gasteiger partial charge in [0.25, 0.3) is 0 Å². The molecule has 1 atom stereocenters. The van der Waals surface area contributed by atoms with Crippen LogP contribution in [0.4, 0.5) is 11.4 Å². The Labute approximate surface area is 156 Å². The van der Waals surface area contributed by atoms with Crippen LogP contribution in [0, 0.1) is 0 Å². The molecule has 2 amide bonds. The quantitative estimate of drug-likeness (QED) is 0.807.